The summed E-state index contributed by atoms with van der Waals surface area (Å²) >= 11 is 0. The van der Waals surface area contributed by atoms with E-state index in [0.29, 0.717) is 0 Å². The highest BCUT2D eigenvalue weighted by Crippen LogP contribution is 2.27. The third-order valence-corrected chi connectivity index (χ3v) is 4.54. The van der Waals surface area contributed by atoms with Crippen LogP contribution in [0, 0.1) is 12.8 Å². The molecule has 2 heterocycles. The third-order valence-electron chi connectivity index (χ3n) is 4.54. The fourth-order valence-corrected chi connectivity index (χ4v) is 3.12. The molecule has 108 valence electrons. The molecule has 1 fully saturated rings. The molecule has 1 atom stereocenters. The third kappa shape index (κ3) is 2.74. The molecule has 2 N–H and O–H groups in total. The molecule has 0 aliphatic carbocycles. The summed E-state index contributed by atoms with van der Waals surface area (Å²) in [6.07, 6.45) is 4.06. The topological polar surface area (TPSA) is 39.3 Å². The number of rotatable bonds is 3. The summed E-state index contributed by atoms with van der Waals surface area (Å²) in [6.45, 7) is 7.37. The molecule has 1 aromatic carbocycles. The molecule has 1 aliphatic heterocycles. The molecular weight excluding hydrogens is 248 g/mol. The van der Waals surface area contributed by atoms with Crippen molar-refractivity contribution in [3.05, 3.63) is 35.5 Å². The predicted octanol–water partition coefficient (Wildman–Crippen LogP) is 3.24. The van der Waals surface area contributed by atoms with E-state index in [2.05, 4.69) is 41.9 Å². The normalized spacial score (nSPS) is 19.6. The predicted molar refractivity (Wildman–Crippen MR) is 82.8 cm³/mol. The molecule has 1 saturated heterocycles. The van der Waals surface area contributed by atoms with Crippen LogP contribution in [0.15, 0.2) is 24.4 Å². The van der Waals surface area contributed by atoms with E-state index < -0.39 is 6.10 Å². The van der Waals surface area contributed by atoms with Crippen molar-refractivity contribution in [3.63, 3.8) is 0 Å². The van der Waals surface area contributed by atoms with E-state index in [0.717, 1.165) is 42.0 Å². The molecule has 1 unspecified atom stereocenters. The van der Waals surface area contributed by atoms with Crippen LogP contribution in [-0.4, -0.2) is 34.6 Å². The van der Waals surface area contributed by atoms with Crippen LogP contribution in [0.25, 0.3) is 10.9 Å². The molecule has 1 aliphatic rings. The van der Waals surface area contributed by atoms with Gasteiger partial charge in [0.25, 0.3) is 0 Å². The van der Waals surface area contributed by atoms with Crippen molar-refractivity contribution in [1.29, 1.82) is 0 Å². The van der Waals surface area contributed by atoms with Crippen molar-refractivity contribution in [2.75, 3.05) is 19.6 Å². The van der Waals surface area contributed by atoms with Crippen molar-refractivity contribution >= 4 is 10.9 Å². The number of piperidine rings is 1. The maximum absolute atomic E-state index is 10.6. The van der Waals surface area contributed by atoms with E-state index in [1.807, 2.05) is 6.20 Å². The zero-order valence-electron chi connectivity index (χ0n) is 12.4. The highest BCUT2D eigenvalue weighted by atomic mass is 16.3. The van der Waals surface area contributed by atoms with Gasteiger partial charge in [-0.25, -0.2) is 0 Å². The van der Waals surface area contributed by atoms with Crippen LogP contribution in [-0.2, 0) is 0 Å². The SMILES string of the molecule is Cc1ccc2[nH]cc(C(O)CN3CCC(C)CC3)c2c1. The lowest BCUT2D eigenvalue weighted by Crippen LogP contribution is -2.35. The summed E-state index contributed by atoms with van der Waals surface area (Å²) in [5.41, 5.74) is 3.37. The number of likely N-dealkylation sites (tertiary alicyclic amines) is 1. The summed E-state index contributed by atoms with van der Waals surface area (Å²) in [6, 6.07) is 6.34. The molecule has 3 heteroatoms. The van der Waals surface area contributed by atoms with Gasteiger partial charge >= 0.3 is 0 Å². The van der Waals surface area contributed by atoms with Crippen molar-refractivity contribution in [2.45, 2.75) is 32.8 Å². The highest BCUT2D eigenvalue weighted by Gasteiger charge is 2.20. The van der Waals surface area contributed by atoms with Gasteiger partial charge in [-0.05, 0) is 50.9 Å². The van der Waals surface area contributed by atoms with E-state index in [9.17, 15) is 5.11 Å². The van der Waals surface area contributed by atoms with Crippen molar-refractivity contribution in [3.8, 4) is 0 Å². The molecular formula is C17H24N2O. The van der Waals surface area contributed by atoms with Crippen LogP contribution in [0.1, 0.15) is 37.0 Å². The lowest BCUT2D eigenvalue weighted by atomic mass is 9.98. The van der Waals surface area contributed by atoms with Gasteiger partial charge < -0.3 is 15.0 Å². The van der Waals surface area contributed by atoms with Gasteiger partial charge in [0.2, 0.25) is 0 Å². The summed E-state index contributed by atoms with van der Waals surface area (Å²) in [5, 5.41) is 11.7. The Morgan fingerprint density at radius 2 is 2.10 bits per heavy atom. The molecule has 3 nitrogen and oxygen atoms in total. The average molecular weight is 272 g/mol. The Balaban J connectivity index is 1.75. The largest absolute Gasteiger partial charge is 0.387 e. The number of aliphatic hydroxyl groups excluding tert-OH is 1. The lowest BCUT2D eigenvalue weighted by Gasteiger charge is -2.31. The first-order chi connectivity index (χ1) is 9.63. The molecule has 0 saturated carbocycles. The van der Waals surface area contributed by atoms with Gasteiger partial charge in [-0.15, -0.1) is 0 Å². The van der Waals surface area contributed by atoms with Gasteiger partial charge in [-0.2, -0.15) is 0 Å². The monoisotopic (exact) mass is 272 g/mol. The summed E-state index contributed by atoms with van der Waals surface area (Å²) in [7, 11) is 0. The van der Waals surface area contributed by atoms with E-state index in [4.69, 9.17) is 0 Å². The molecule has 1 aromatic heterocycles. The summed E-state index contributed by atoms with van der Waals surface area (Å²) in [4.78, 5) is 5.65. The number of aryl methyl sites for hydroxylation is 1. The zero-order valence-corrected chi connectivity index (χ0v) is 12.4. The first-order valence-electron chi connectivity index (χ1n) is 7.61. The fraction of sp³-hybridized carbons (Fsp3) is 0.529. The Hall–Kier alpha value is -1.32. The number of nitrogens with zero attached hydrogens (tertiary/aromatic N) is 1. The number of nitrogens with one attached hydrogen (secondary N) is 1. The minimum Gasteiger partial charge on any atom is -0.387 e. The highest BCUT2D eigenvalue weighted by molar-refractivity contribution is 5.84. The molecule has 0 spiro atoms. The molecule has 0 radical (unpaired) electrons. The molecule has 3 rings (SSSR count). The number of H-pyrrole nitrogens is 1. The second-order valence-electron chi connectivity index (χ2n) is 6.29. The maximum Gasteiger partial charge on any atom is 0.0937 e. The van der Waals surface area contributed by atoms with Crippen LogP contribution in [0.5, 0.6) is 0 Å². The number of hydrogen-bond acceptors (Lipinski definition) is 2. The van der Waals surface area contributed by atoms with Gasteiger partial charge in [0.05, 0.1) is 6.10 Å². The Morgan fingerprint density at radius 3 is 2.85 bits per heavy atom. The fourth-order valence-electron chi connectivity index (χ4n) is 3.12. The molecule has 2 aromatic rings. The quantitative estimate of drug-likeness (QED) is 0.900. The van der Waals surface area contributed by atoms with Crippen LogP contribution >= 0.6 is 0 Å². The Kier molecular flexibility index (Phi) is 3.81. The lowest BCUT2D eigenvalue weighted by molar-refractivity contribution is 0.0925. The number of fused-ring (bicyclic) bond motifs is 1. The van der Waals surface area contributed by atoms with Crippen molar-refractivity contribution < 1.29 is 5.11 Å². The standard InChI is InChI=1S/C17H24N2O/c1-12-5-7-19(8-6-12)11-17(20)15-10-18-16-4-3-13(2)9-14(15)16/h3-4,9-10,12,17-18,20H,5-8,11H2,1-2H3. The number of aromatic nitrogens is 1. The van der Waals surface area contributed by atoms with E-state index in [-0.39, 0.29) is 0 Å². The van der Waals surface area contributed by atoms with Gasteiger partial charge in [-0.3, -0.25) is 0 Å². The van der Waals surface area contributed by atoms with Crippen LogP contribution in [0.4, 0.5) is 0 Å². The number of hydrogen-bond donors (Lipinski definition) is 2. The second-order valence-corrected chi connectivity index (χ2v) is 6.29. The van der Waals surface area contributed by atoms with E-state index in [1.54, 1.807) is 0 Å². The smallest absolute Gasteiger partial charge is 0.0937 e. The van der Waals surface area contributed by atoms with Crippen LogP contribution in [0.3, 0.4) is 0 Å². The molecule has 20 heavy (non-hydrogen) atoms. The Labute approximate surface area is 120 Å². The maximum atomic E-state index is 10.6. The first kappa shape index (κ1) is 13.7. The second kappa shape index (κ2) is 5.58. The van der Waals surface area contributed by atoms with Crippen LogP contribution in [0.2, 0.25) is 0 Å². The number of aromatic amines is 1. The van der Waals surface area contributed by atoms with Gasteiger partial charge in [-0.1, -0.05) is 18.6 Å². The summed E-state index contributed by atoms with van der Waals surface area (Å²) in [5.74, 6) is 0.833. The summed E-state index contributed by atoms with van der Waals surface area (Å²) < 4.78 is 0. The minimum atomic E-state index is -0.404. The van der Waals surface area contributed by atoms with Gasteiger partial charge in [0, 0.05) is 29.2 Å². The first-order valence-corrected chi connectivity index (χ1v) is 7.61. The zero-order chi connectivity index (χ0) is 14.1. The minimum absolute atomic E-state index is 0.404. The molecule has 0 bridgehead atoms. The number of aliphatic hydroxyl groups is 1. The van der Waals surface area contributed by atoms with E-state index >= 15 is 0 Å². The number of benzene rings is 1. The average Bonchev–Trinajstić information content (AvgIpc) is 2.84. The van der Waals surface area contributed by atoms with Crippen molar-refractivity contribution in [1.82, 2.24) is 9.88 Å². The van der Waals surface area contributed by atoms with E-state index in [1.165, 1.54) is 18.4 Å². The molecule has 0 amide bonds. The van der Waals surface area contributed by atoms with Gasteiger partial charge in [0.1, 0.15) is 0 Å². The van der Waals surface area contributed by atoms with Gasteiger partial charge in [0.15, 0.2) is 0 Å². The van der Waals surface area contributed by atoms with Crippen LogP contribution < -0.4 is 0 Å². The number of β-amino-alcohol motifs (C(OH)–C–C–N with tert-alkyl or cyclic N) is 1. The Bertz CT molecular complexity index is 582. The Morgan fingerprint density at radius 1 is 1.35 bits per heavy atom. The van der Waals surface area contributed by atoms with Crippen molar-refractivity contribution in [2.24, 2.45) is 5.92 Å².